The first-order chi connectivity index (χ1) is 8.36. The van der Waals surface area contributed by atoms with Crippen LogP contribution in [-0.4, -0.2) is 19.4 Å². The molecule has 1 aromatic carbocycles. The zero-order valence-electron chi connectivity index (χ0n) is 9.67. The number of alkyl halides is 1. The zero-order valence-corrected chi connectivity index (χ0v) is 9.67. The molecule has 0 saturated carbocycles. The number of nitrogens with one attached hydrogen (secondary N) is 1. The summed E-state index contributed by atoms with van der Waals surface area (Å²) in [7, 11) is 0. The Hall–Kier alpha value is -1.29. The molecule has 1 atom stereocenters. The Morgan fingerprint density at radius 3 is 3.06 bits per heavy atom. The fourth-order valence-corrected chi connectivity index (χ4v) is 2.57. The molecule has 0 bridgehead atoms. The third-order valence-electron chi connectivity index (χ3n) is 3.39. The van der Waals surface area contributed by atoms with Crippen LogP contribution >= 0.6 is 0 Å². The van der Waals surface area contributed by atoms with Gasteiger partial charge in [-0.2, -0.15) is 0 Å². The highest BCUT2D eigenvalue weighted by atomic mass is 19.1. The molecule has 1 aromatic rings. The zero-order chi connectivity index (χ0) is 11.7. The maximum Gasteiger partial charge on any atom is 0.231 e. The largest absolute Gasteiger partial charge is 0.454 e. The Bertz CT molecular complexity index is 416. The second-order valence-electron chi connectivity index (χ2n) is 4.62. The molecule has 0 amide bonds. The summed E-state index contributed by atoms with van der Waals surface area (Å²) in [6, 6.07) is 4.11. The van der Waals surface area contributed by atoms with E-state index in [0.29, 0.717) is 17.4 Å². The predicted molar refractivity (Wildman–Crippen MR) is 62.1 cm³/mol. The standard InChI is InChI=1S/C13H16FNO2/c14-7-9-4-10(6-11-2-1-3-15-11)13-12(5-9)16-8-17-13/h4-5,11,15H,1-3,6-8H2. The Balaban J connectivity index is 1.88. The smallest absolute Gasteiger partial charge is 0.231 e. The minimum Gasteiger partial charge on any atom is -0.454 e. The number of benzene rings is 1. The fraction of sp³-hybridized carbons (Fsp3) is 0.538. The van der Waals surface area contributed by atoms with Crippen molar-refractivity contribution in [1.82, 2.24) is 5.32 Å². The molecule has 2 aliphatic rings. The Morgan fingerprint density at radius 1 is 1.35 bits per heavy atom. The summed E-state index contributed by atoms with van der Waals surface area (Å²) in [5, 5.41) is 3.44. The fourth-order valence-electron chi connectivity index (χ4n) is 2.57. The van der Waals surface area contributed by atoms with Gasteiger partial charge in [-0.1, -0.05) is 0 Å². The summed E-state index contributed by atoms with van der Waals surface area (Å²) < 4.78 is 23.6. The van der Waals surface area contributed by atoms with Gasteiger partial charge in [-0.15, -0.1) is 0 Å². The van der Waals surface area contributed by atoms with Crippen LogP contribution in [0.4, 0.5) is 4.39 Å². The summed E-state index contributed by atoms with van der Waals surface area (Å²) in [5.41, 5.74) is 1.73. The lowest BCUT2D eigenvalue weighted by Crippen LogP contribution is -2.23. The third-order valence-corrected chi connectivity index (χ3v) is 3.39. The number of rotatable bonds is 3. The van der Waals surface area contributed by atoms with Gasteiger partial charge in [-0.3, -0.25) is 0 Å². The average molecular weight is 237 g/mol. The molecule has 0 radical (unpaired) electrons. The molecular formula is C13H16FNO2. The molecule has 92 valence electrons. The van der Waals surface area contributed by atoms with Crippen LogP contribution in [0.3, 0.4) is 0 Å². The van der Waals surface area contributed by atoms with Gasteiger partial charge in [-0.25, -0.2) is 4.39 Å². The Labute approximate surface area is 99.9 Å². The van der Waals surface area contributed by atoms with Crippen molar-refractivity contribution < 1.29 is 13.9 Å². The lowest BCUT2D eigenvalue weighted by Gasteiger charge is -2.13. The SMILES string of the molecule is FCc1cc(CC2CCCN2)c2c(c1)OCO2. The van der Waals surface area contributed by atoms with E-state index in [-0.39, 0.29) is 6.79 Å². The first-order valence-electron chi connectivity index (χ1n) is 6.07. The van der Waals surface area contributed by atoms with Crippen LogP contribution in [0.1, 0.15) is 24.0 Å². The number of halogens is 1. The molecule has 1 N–H and O–H groups in total. The van der Waals surface area contributed by atoms with E-state index in [0.717, 1.165) is 24.3 Å². The van der Waals surface area contributed by atoms with Crippen LogP contribution < -0.4 is 14.8 Å². The molecule has 1 unspecified atom stereocenters. The Kier molecular flexibility index (Phi) is 2.89. The molecule has 3 rings (SSSR count). The quantitative estimate of drug-likeness (QED) is 0.874. The van der Waals surface area contributed by atoms with Crippen molar-refractivity contribution in [2.45, 2.75) is 32.0 Å². The lowest BCUT2D eigenvalue weighted by atomic mass is 10.0. The first kappa shape index (κ1) is 10.8. The van der Waals surface area contributed by atoms with Crippen molar-refractivity contribution in [3.05, 3.63) is 23.3 Å². The molecule has 0 aromatic heterocycles. The van der Waals surface area contributed by atoms with Crippen molar-refractivity contribution in [1.29, 1.82) is 0 Å². The molecule has 2 aliphatic heterocycles. The van der Waals surface area contributed by atoms with Gasteiger partial charge in [0.15, 0.2) is 11.5 Å². The van der Waals surface area contributed by atoms with Crippen LogP contribution in [0.5, 0.6) is 11.5 Å². The van der Waals surface area contributed by atoms with Crippen molar-refractivity contribution in [2.24, 2.45) is 0 Å². The molecule has 0 aliphatic carbocycles. The average Bonchev–Trinajstić information content (AvgIpc) is 2.98. The minimum absolute atomic E-state index is 0.246. The second kappa shape index (κ2) is 4.53. The minimum atomic E-state index is -0.457. The predicted octanol–water partition coefficient (Wildman–Crippen LogP) is 2.18. The highest BCUT2D eigenvalue weighted by Gasteiger charge is 2.22. The van der Waals surface area contributed by atoms with E-state index < -0.39 is 6.67 Å². The highest BCUT2D eigenvalue weighted by Crippen LogP contribution is 2.38. The lowest BCUT2D eigenvalue weighted by molar-refractivity contribution is 0.173. The maximum absolute atomic E-state index is 12.8. The summed E-state index contributed by atoms with van der Waals surface area (Å²) in [5.74, 6) is 1.49. The van der Waals surface area contributed by atoms with E-state index in [1.54, 1.807) is 6.07 Å². The summed E-state index contributed by atoms with van der Waals surface area (Å²) in [6.07, 6.45) is 3.28. The number of hydrogen-bond donors (Lipinski definition) is 1. The van der Waals surface area contributed by atoms with Gasteiger partial charge >= 0.3 is 0 Å². The van der Waals surface area contributed by atoms with Crippen LogP contribution in [0, 0.1) is 0 Å². The molecule has 3 nitrogen and oxygen atoms in total. The number of fused-ring (bicyclic) bond motifs is 1. The van der Waals surface area contributed by atoms with Gasteiger partial charge in [0.2, 0.25) is 6.79 Å². The van der Waals surface area contributed by atoms with E-state index in [4.69, 9.17) is 9.47 Å². The second-order valence-corrected chi connectivity index (χ2v) is 4.62. The summed E-state index contributed by atoms with van der Waals surface area (Å²) in [6.45, 7) is 0.866. The van der Waals surface area contributed by atoms with E-state index in [1.165, 1.54) is 12.8 Å². The van der Waals surface area contributed by atoms with E-state index in [9.17, 15) is 4.39 Å². The summed E-state index contributed by atoms with van der Waals surface area (Å²) in [4.78, 5) is 0. The molecule has 1 saturated heterocycles. The topological polar surface area (TPSA) is 30.5 Å². The molecular weight excluding hydrogens is 221 g/mol. The van der Waals surface area contributed by atoms with Crippen LogP contribution in [0.25, 0.3) is 0 Å². The summed E-state index contributed by atoms with van der Waals surface area (Å²) >= 11 is 0. The van der Waals surface area contributed by atoms with Crippen molar-refractivity contribution in [3.8, 4) is 11.5 Å². The van der Waals surface area contributed by atoms with Gasteiger partial charge in [0.1, 0.15) is 6.67 Å². The van der Waals surface area contributed by atoms with Gasteiger partial charge in [-0.05, 0) is 43.5 Å². The van der Waals surface area contributed by atoms with Crippen LogP contribution in [0.2, 0.25) is 0 Å². The van der Waals surface area contributed by atoms with Gasteiger partial charge in [0.05, 0.1) is 0 Å². The van der Waals surface area contributed by atoms with Crippen LogP contribution in [0.15, 0.2) is 12.1 Å². The van der Waals surface area contributed by atoms with Gasteiger partial charge in [0, 0.05) is 11.6 Å². The molecule has 0 spiro atoms. The van der Waals surface area contributed by atoms with Gasteiger partial charge in [0.25, 0.3) is 0 Å². The molecule has 1 fully saturated rings. The maximum atomic E-state index is 12.8. The van der Waals surface area contributed by atoms with E-state index >= 15 is 0 Å². The third kappa shape index (κ3) is 2.09. The normalized spacial score (nSPS) is 22.1. The van der Waals surface area contributed by atoms with Crippen LogP contribution in [-0.2, 0) is 13.1 Å². The van der Waals surface area contributed by atoms with E-state index in [2.05, 4.69) is 5.32 Å². The van der Waals surface area contributed by atoms with Crippen molar-refractivity contribution >= 4 is 0 Å². The van der Waals surface area contributed by atoms with Crippen molar-refractivity contribution in [2.75, 3.05) is 13.3 Å². The van der Waals surface area contributed by atoms with Crippen molar-refractivity contribution in [3.63, 3.8) is 0 Å². The molecule has 4 heteroatoms. The number of ether oxygens (including phenoxy) is 2. The molecule has 2 heterocycles. The monoisotopic (exact) mass is 237 g/mol. The van der Waals surface area contributed by atoms with Gasteiger partial charge < -0.3 is 14.8 Å². The van der Waals surface area contributed by atoms with E-state index in [1.807, 2.05) is 6.07 Å². The first-order valence-corrected chi connectivity index (χ1v) is 6.07. The molecule has 17 heavy (non-hydrogen) atoms. The Morgan fingerprint density at radius 2 is 2.29 bits per heavy atom. The number of hydrogen-bond acceptors (Lipinski definition) is 3. The highest BCUT2D eigenvalue weighted by molar-refractivity contribution is 5.51.